The van der Waals surface area contributed by atoms with Gasteiger partial charge in [-0.05, 0) is 31.6 Å². The number of rotatable bonds is 5. The lowest BCUT2D eigenvalue weighted by atomic mass is 9.95. The molecule has 2 heterocycles. The number of nitrogens with zero attached hydrogens (tertiary/aromatic N) is 3. The topological polar surface area (TPSA) is 29.0 Å². The molecular weight excluding hydrogens is 246 g/mol. The molecule has 0 aromatic carbocycles. The Labute approximate surface area is 115 Å². The van der Waals surface area contributed by atoms with E-state index in [1.165, 1.54) is 12.8 Å². The largest absolute Gasteiger partial charge is 0.356 e. The second-order valence-electron chi connectivity index (χ2n) is 5.05. The van der Waals surface area contributed by atoms with Gasteiger partial charge in [-0.3, -0.25) is 0 Å². The van der Waals surface area contributed by atoms with E-state index in [9.17, 15) is 0 Å². The third-order valence-corrected chi connectivity index (χ3v) is 3.79. The first-order chi connectivity index (χ1) is 8.83. The molecule has 1 aromatic rings. The molecule has 2 rings (SSSR count). The molecule has 0 N–H and O–H groups in total. The maximum absolute atomic E-state index is 5.85. The molecule has 3 nitrogen and oxygen atoms in total. The molecule has 0 aliphatic carbocycles. The van der Waals surface area contributed by atoms with Crippen LogP contribution in [-0.2, 0) is 6.42 Å². The third kappa shape index (κ3) is 3.58. The zero-order valence-electron chi connectivity index (χ0n) is 11.1. The summed E-state index contributed by atoms with van der Waals surface area (Å²) in [5, 5.41) is 0. The highest BCUT2D eigenvalue weighted by Gasteiger charge is 2.20. The van der Waals surface area contributed by atoms with Gasteiger partial charge in [0.1, 0.15) is 12.1 Å². The van der Waals surface area contributed by atoms with Crippen LogP contribution in [0.1, 0.15) is 38.3 Å². The summed E-state index contributed by atoms with van der Waals surface area (Å²) in [6.45, 7) is 4.38. The van der Waals surface area contributed by atoms with E-state index < -0.39 is 0 Å². The van der Waals surface area contributed by atoms with Crippen LogP contribution in [0, 0.1) is 5.92 Å². The van der Waals surface area contributed by atoms with Crippen molar-refractivity contribution in [2.75, 3.05) is 23.9 Å². The predicted octanol–water partition coefficient (Wildman–Crippen LogP) is 3.27. The van der Waals surface area contributed by atoms with Crippen LogP contribution in [-0.4, -0.2) is 28.9 Å². The Morgan fingerprint density at radius 2 is 2.33 bits per heavy atom. The number of aromatic nitrogens is 2. The van der Waals surface area contributed by atoms with Crippen molar-refractivity contribution in [2.24, 2.45) is 5.92 Å². The van der Waals surface area contributed by atoms with Crippen LogP contribution in [0.25, 0.3) is 0 Å². The maximum Gasteiger partial charge on any atom is 0.132 e. The number of aryl methyl sites for hydroxylation is 1. The lowest BCUT2D eigenvalue weighted by Gasteiger charge is -2.33. The van der Waals surface area contributed by atoms with Crippen LogP contribution in [0.15, 0.2) is 12.4 Å². The van der Waals surface area contributed by atoms with Crippen LogP contribution in [0.4, 0.5) is 5.82 Å². The maximum atomic E-state index is 5.85. The van der Waals surface area contributed by atoms with Crippen LogP contribution in [0.5, 0.6) is 0 Å². The van der Waals surface area contributed by atoms with Crippen molar-refractivity contribution in [2.45, 2.75) is 39.0 Å². The molecule has 1 unspecified atom stereocenters. The van der Waals surface area contributed by atoms with Crippen molar-refractivity contribution in [3.05, 3.63) is 18.1 Å². The van der Waals surface area contributed by atoms with Gasteiger partial charge in [0.2, 0.25) is 0 Å². The van der Waals surface area contributed by atoms with E-state index in [0.717, 1.165) is 55.7 Å². The van der Waals surface area contributed by atoms with Crippen molar-refractivity contribution >= 4 is 17.4 Å². The summed E-state index contributed by atoms with van der Waals surface area (Å²) in [4.78, 5) is 11.1. The molecule has 0 saturated carbocycles. The van der Waals surface area contributed by atoms with Crippen molar-refractivity contribution in [1.82, 2.24) is 9.97 Å². The van der Waals surface area contributed by atoms with Crippen LogP contribution < -0.4 is 4.90 Å². The lowest BCUT2D eigenvalue weighted by molar-refractivity contribution is 0.404. The Balaban J connectivity index is 2.03. The normalized spacial score (nSPS) is 20.1. The molecule has 100 valence electrons. The van der Waals surface area contributed by atoms with Gasteiger partial charge in [0.25, 0.3) is 0 Å². The van der Waals surface area contributed by atoms with Gasteiger partial charge in [0.15, 0.2) is 0 Å². The molecule has 1 atom stereocenters. The van der Waals surface area contributed by atoms with E-state index in [1.54, 1.807) is 6.33 Å². The van der Waals surface area contributed by atoms with Crippen molar-refractivity contribution < 1.29 is 0 Å². The van der Waals surface area contributed by atoms with Crippen molar-refractivity contribution in [1.29, 1.82) is 0 Å². The first-order valence-corrected chi connectivity index (χ1v) is 7.48. The molecule has 0 bridgehead atoms. The van der Waals surface area contributed by atoms with E-state index in [1.807, 2.05) is 0 Å². The molecule has 1 fully saturated rings. The van der Waals surface area contributed by atoms with Gasteiger partial charge in [-0.15, -0.1) is 11.6 Å². The van der Waals surface area contributed by atoms with Gasteiger partial charge in [-0.1, -0.05) is 13.3 Å². The smallest absolute Gasteiger partial charge is 0.132 e. The molecule has 1 aliphatic rings. The standard InChI is InChI=1S/C14H22ClN3/c1-2-4-13-9-14(17-11-16-13)18-8-3-5-12(10-18)6-7-15/h9,11-12H,2-8,10H2,1H3. The summed E-state index contributed by atoms with van der Waals surface area (Å²) in [7, 11) is 0. The molecular formula is C14H22ClN3. The van der Waals surface area contributed by atoms with Gasteiger partial charge in [-0.2, -0.15) is 0 Å². The first-order valence-electron chi connectivity index (χ1n) is 6.95. The van der Waals surface area contributed by atoms with E-state index in [0.29, 0.717) is 0 Å². The second kappa shape index (κ2) is 6.93. The molecule has 0 radical (unpaired) electrons. The molecule has 1 aliphatic heterocycles. The molecule has 0 amide bonds. The Morgan fingerprint density at radius 3 is 3.11 bits per heavy atom. The number of hydrogen-bond donors (Lipinski definition) is 0. The van der Waals surface area contributed by atoms with Gasteiger partial charge in [0, 0.05) is 30.7 Å². The summed E-state index contributed by atoms with van der Waals surface area (Å²) in [6, 6.07) is 2.15. The minimum absolute atomic E-state index is 0.723. The minimum atomic E-state index is 0.723. The van der Waals surface area contributed by atoms with Crippen LogP contribution in [0.3, 0.4) is 0 Å². The zero-order chi connectivity index (χ0) is 12.8. The summed E-state index contributed by atoms with van der Waals surface area (Å²) >= 11 is 5.85. The molecule has 1 aromatic heterocycles. The Kier molecular flexibility index (Phi) is 5.24. The number of halogens is 1. The zero-order valence-corrected chi connectivity index (χ0v) is 11.9. The molecule has 18 heavy (non-hydrogen) atoms. The van der Waals surface area contributed by atoms with E-state index in [2.05, 4.69) is 27.9 Å². The Bertz CT molecular complexity index is 368. The summed E-state index contributed by atoms with van der Waals surface area (Å²) < 4.78 is 0. The van der Waals surface area contributed by atoms with Gasteiger partial charge < -0.3 is 4.90 Å². The number of piperidine rings is 1. The average Bonchev–Trinajstić information content (AvgIpc) is 2.40. The van der Waals surface area contributed by atoms with E-state index in [4.69, 9.17) is 11.6 Å². The molecule has 1 saturated heterocycles. The fraction of sp³-hybridized carbons (Fsp3) is 0.714. The predicted molar refractivity (Wildman–Crippen MR) is 76.3 cm³/mol. The fourth-order valence-corrected chi connectivity index (χ4v) is 2.92. The van der Waals surface area contributed by atoms with E-state index >= 15 is 0 Å². The average molecular weight is 268 g/mol. The van der Waals surface area contributed by atoms with Gasteiger partial charge >= 0.3 is 0 Å². The summed E-state index contributed by atoms with van der Waals surface area (Å²) in [5.74, 6) is 2.58. The van der Waals surface area contributed by atoms with Crippen molar-refractivity contribution in [3.63, 3.8) is 0 Å². The quantitative estimate of drug-likeness (QED) is 0.767. The number of anilines is 1. The SMILES string of the molecule is CCCc1cc(N2CCCC(CCCl)C2)ncn1. The number of hydrogen-bond acceptors (Lipinski definition) is 3. The Hall–Kier alpha value is -0.830. The van der Waals surface area contributed by atoms with E-state index in [-0.39, 0.29) is 0 Å². The lowest BCUT2D eigenvalue weighted by Crippen LogP contribution is -2.36. The first kappa shape index (κ1) is 13.6. The minimum Gasteiger partial charge on any atom is -0.356 e. The third-order valence-electron chi connectivity index (χ3n) is 3.58. The fourth-order valence-electron chi connectivity index (χ4n) is 2.61. The summed E-state index contributed by atoms with van der Waals surface area (Å²) in [6.07, 6.45) is 7.53. The highest BCUT2D eigenvalue weighted by molar-refractivity contribution is 6.17. The van der Waals surface area contributed by atoms with Crippen LogP contribution in [0.2, 0.25) is 0 Å². The highest BCUT2D eigenvalue weighted by Crippen LogP contribution is 2.24. The molecule has 4 heteroatoms. The van der Waals surface area contributed by atoms with Gasteiger partial charge in [-0.25, -0.2) is 9.97 Å². The summed E-state index contributed by atoms with van der Waals surface area (Å²) in [5.41, 5.74) is 1.15. The second-order valence-corrected chi connectivity index (χ2v) is 5.43. The van der Waals surface area contributed by atoms with Gasteiger partial charge in [0.05, 0.1) is 0 Å². The van der Waals surface area contributed by atoms with Crippen molar-refractivity contribution in [3.8, 4) is 0 Å². The van der Waals surface area contributed by atoms with Crippen LogP contribution >= 0.6 is 11.6 Å². The Morgan fingerprint density at radius 1 is 1.44 bits per heavy atom. The number of alkyl halides is 1. The molecule has 0 spiro atoms. The monoisotopic (exact) mass is 267 g/mol. The highest BCUT2D eigenvalue weighted by atomic mass is 35.5.